The highest BCUT2D eigenvalue weighted by Gasteiger charge is 2.14. The predicted octanol–water partition coefficient (Wildman–Crippen LogP) is 3.83. The fourth-order valence-electron chi connectivity index (χ4n) is 1.58. The number of aromatic nitrogens is 1. The van der Waals surface area contributed by atoms with Crippen LogP contribution in [0.25, 0.3) is 0 Å². The molecule has 0 saturated carbocycles. The third-order valence-electron chi connectivity index (χ3n) is 2.43. The van der Waals surface area contributed by atoms with Crippen LogP contribution in [0.5, 0.6) is 0 Å². The van der Waals surface area contributed by atoms with Crippen LogP contribution in [0.4, 0.5) is 0 Å². The summed E-state index contributed by atoms with van der Waals surface area (Å²) in [5, 5.41) is 0.653. The van der Waals surface area contributed by atoms with E-state index in [4.69, 9.17) is 11.6 Å². The molecule has 17 heavy (non-hydrogen) atoms. The van der Waals surface area contributed by atoms with Crippen LogP contribution in [-0.4, -0.2) is 11.3 Å². The molecule has 0 bridgehead atoms. The lowest BCUT2D eigenvalue weighted by atomic mass is 9.97. The van der Waals surface area contributed by atoms with Crippen LogP contribution < -0.4 is 0 Å². The van der Waals surface area contributed by atoms with Crippen LogP contribution >= 0.6 is 27.5 Å². The Kier molecular flexibility index (Phi) is 3.92. The maximum Gasteiger partial charge on any atom is 0.133 e. The van der Waals surface area contributed by atoms with Crippen molar-refractivity contribution in [2.45, 2.75) is 5.92 Å². The van der Waals surface area contributed by atoms with Crippen LogP contribution in [0.3, 0.4) is 0 Å². The summed E-state index contributed by atoms with van der Waals surface area (Å²) in [7, 11) is 0. The molecule has 0 saturated heterocycles. The molecule has 0 fully saturated rings. The minimum Gasteiger partial charge on any atom is -0.302 e. The fourth-order valence-corrected chi connectivity index (χ4v) is 2.06. The van der Waals surface area contributed by atoms with E-state index in [1.54, 1.807) is 18.3 Å². The van der Waals surface area contributed by atoms with E-state index < -0.39 is 0 Å². The van der Waals surface area contributed by atoms with Crippen LogP contribution in [0.2, 0.25) is 5.02 Å². The first-order valence-corrected chi connectivity index (χ1v) is 6.20. The van der Waals surface area contributed by atoms with Crippen LogP contribution in [0.15, 0.2) is 47.1 Å². The number of hydrogen-bond donors (Lipinski definition) is 0. The highest BCUT2D eigenvalue weighted by molar-refractivity contribution is 9.10. The Morgan fingerprint density at radius 3 is 2.53 bits per heavy atom. The highest BCUT2D eigenvalue weighted by atomic mass is 79.9. The van der Waals surface area contributed by atoms with E-state index >= 15 is 0 Å². The molecule has 4 heteroatoms. The van der Waals surface area contributed by atoms with E-state index in [1.807, 2.05) is 24.3 Å². The van der Waals surface area contributed by atoms with Crippen molar-refractivity contribution < 1.29 is 4.79 Å². The molecule has 1 aromatic carbocycles. The predicted molar refractivity (Wildman–Crippen MR) is 71.3 cm³/mol. The van der Waals surface area contributed by atoms with Crippen LogP contribution in [0.1, 0.15) is 17.2 Å². The second-order valence-corrected chi connectivity index (χ2v) is 4.92. The lowest BCUT2D eigenvalue weighted by Crippen LogP contribution is -2.04. The van der Waals surface area contributed by atoms with Gasteiger partial charge in [-0.05, 0) is 29.8 Å². The molecule has 1 unspecified atom stereocenters. The van der Waals surface area contributed by atoms with Gasteiger partial charge in [0.05, 0.1) is 11.6 Å². The van der Waals surface area contributed by atoms with Crippen molar-refractivity contribution in [3.63, 3.8) is 0 Å². The SMILES string of the molecule is O=CC(c1ccc(Cl)cc1)c1cc(Br)ccn1. The van der Waals surface area contributed by atoms with Gasteiger partial charge in [-0.2, -0.15) is 0 Å². The normalized spacial score (nSPS) is 12.1. The second kappa shape index (κ2) is 5.43. The Balaban J connectivity index is 2.40. The van der Waals surface area contributed by atoms with E-state index in [2.05, 4.69) is 20.9 Å². The van der Waals surface area contributed by atoms with Gasteiger partial charge in [-0.1, -0.05) is 39.7 Å². The molecule has 0 amide bonds. The van der Waals surface area contributed by atoms with E-state index in [-0.39, 0.29) is 5.92 Å². The Bertz CT molecular complexity index is 527. The molecule has 0 aliphatic rings. The Morgan fingerprint density at radius 1 is 1.24 bits per heavy atom. The van der Waals surface area contributed by atoms with E-state index in [0.29, 0.717) is 5.02 Å². The summed E-state index contributed by atoms with van der Waals surface area (Å²) in [5.74, 6) is -0.357. The summed E-state index contributed by atoms with van der Waals surface area (Å²) in [4.78, 5) is 15.4. The lowest BCUT2D eigenvalue weighted by molar-refractivity contribution is -0.108. The van der Waals surface area contributed by atoms with Crippen molar-refractivity contribution in [1.29, 1.82) is 0 Å². The van der Waals surface area contributed by atoms with Gasteiger partial charge in [-0.25, -0.2) is 0 Å². The summed E-state index contributed by atoms with van der Waals surface area (Å²) in [6.07, 6.45) is 2.56. The molecule has 0 aliphatic heterocycles. The summed E-state index contributed by atoms with van der Waals surface area (Å²) in [5.41, 5.74) is 1.60. The Labute approximate surface area is 113 Å². The Morgan fingerprint density at radius 2 is 1.94 bits per heavy atom. The number of pyridine rings is 1. The maximum atomic E-state index is 11.2. The summed E-state index contributed by atoms with van der Waals surface area (Å²) in [6.45, 7) is 0. The molecule has 2 aromatic rings. The van der Waals surface area contributed by atoms with Gasteiger partial charge in [-0.15, -0.1) is 0 Å². The molecule has 0 N–H and O–H groups in total. The minimum absolute atomic E-state index is 0.357. The van der Waals surface area contributed by atoms with Crippen molar-refractivity contribution in [2.75, 3.05) is 0 Å². The van der Waals surface area contributed by atoms with Gasteiger partial charge in [0, 0.05) is 15.7 Å². The number of nitrogens with zero attached hydrogens (tertiary/aromatic N) is 1. The van der Waals surface area contributed by atoms with Crippen molar-refractivity contribution >= 4 is 33.8 Å². The average Bonchev–Trinajstić information content (AvgIpc) is 2.33. The van der Waals surface area contributed by atoms with Gasteiger partial charge >= 0.3 is 0 Å². The molecule has 1 heterocycles. The first-order valence-electron chi connectivity index (χ1n) is 5.03. The van der Waals surface area contributed by atoms with E-state index in [9.17, 15) is 4.79 Å². The molecular formula is C13H9BrClNO. The van der Waals surface area contributed by atoms with Crippen LogP contribution in [-0.2, 0) is 4.79 Å². The van der Waals surface area contributed by atoms with Crippen LogP contribution in [0, 0.1) is 0 Å². The highest BCUT2D eigenvalue weighted by Crippen LogP contribution is 2.24. The molecule has 2 nitrogen and oxygen atoms in total. The zero-order valence-electron chi connectivity index (χ0n) is 8.81. The van der Waals surface area contributed by atoms with Gasteiger partial charge in [0.1, 0.15) is 6.29 Å². The van der Waals surface area contributed by atoms with Gasteiger partial charge in [0.25, 0.3) is 0 Å². The Hall–Kier alpha value is -1.19. The van der Waals surface area contributed by atoms with Crippen molar-refractivity contribution in [3.05, 3.63) is 63.3 Å². The van der Waals surface area contributed by atoms with Gasteiger partial charge in [0.15, 0.2) is 0 Å². The number of aldehydes is 1. The largest absolute Gasteiger partial charge is 0.302 e. The summed E-state index contributed by atoms with van der Waals surface area (Å²) < 4.78 is 0.906. The van der Waals surface area contributed by atoms with Gasteiger partial charge < -0.3 is 4.79 Å². The molecular weight excluding hydrogens is 302 g/mol. The molecule has 0 radical (unpaired) electrons. The summed E-state index contributed by atoms with van der Waals surface area (Å²) >= 11 is 9.19. The zero-order chi connectivity index (χ0) is 12.3. The van der Waals surface area contributed by atoms with E-state index in [0.717, 1.165) is 22.0 Å². The van der Waals surface area contributed by atoms with Crippen molar-refractivity contribution in [2.24, 2.45) is 0 Å². The first-order chi connectivity index (χ1) is 8.20. The fraction of sp³-hybridized carbons (Fsp3) is 0.0769. The minimum atomic E-state index is -0.357. The van der Waals surface area contributed by atoms with Crippen molar-refractivity contribution in [1.82, 2.24) is 4.98 Å². The molecule has 1 atom stereocenters. The third-order valence-corrected chi connectivity index (χ3v) is 3.17. The average molecular weight is 311 g/mol. The number of carbonyl (C=O) groups is 1. The van der Waals surface area contributed by atoms with Gasteiger partial charge in [0.2, 0.25) is 0 Å². The first kappa shape index (κ1) is 12.3. The summed E-state index contributed by atoms with van der Waals surface area (Å²) in [6, 6.07) is 10.9. The number of halogens is 2. The number of carbonyl (C=O) groups excluding carboxylic acids is 1. The monoisotopic (exact) mass is 309 g/mol. The smallest absolute Gasteiger partial charge is 0.133 e. The molecule has 0 aliphatic carbocycles. The quantitative estimate of drug-likeness (QED) is 0.807. The number of rotatable bonds is 3. The molecule has 1 aromatic heterocycles. The topological polar surface area (TPSA) is 30.0 Å². The lowest BCUT2D eigenvalue weighted by Gasteiger charge is -2.10. The number of hydrogen-bond acceptors (Lipinski definition) is 2. The molecule has 2 rings (SSSR count). The second-order valence-electron chi connectivity index (χ2n) is 3.56. The van der Waals surface area contributed by atoms with Crippen molar-refractivity contribution in [3.8, 4) is 0 Å². The maximum absolute atomic E-state index is 11.2. The molecule has 0 spiro atoms. The third kappa shape index (κ3) is 2.93. The molecule has 86 valence electrons. The standard InChI is InChI=1S/C13H9BrClNO/c14-10-5-6-16-13(7-10)12(8-17)9-1-3-11(15)4-2-9/h1-8,12H. The zero-order valence-corrected chi connectivity index (χ0v) is 11.1. The van der Waals surface area contributed by atoms with E-state index in [1.165, 1.54) is 0 Å². The van der Waals surface area contributed by atoms with Gasteiger partial charge in [-0.3, -0.25) is 4.98 Å². The number of benzene rings is 1.